The highest BCUT2D eigenvalue weighted by molar-refractivity contribution is 6.05. The quantitative estimate of drug-likeness (QED) is 0.671. The van der Waals surface area contributed by atoms with E-state index in [1.165, 1.54) is 18.2 Å². The van der Waals surface area contributed by atoms with Crippen molar-refractivity contribution in [1.29, 1.82) is 0 Å². The van der Waals surface area contributed by atoms with E-state index in [-0.39, 0.29) is 17.0 Å². The Labute approximate surface area is 134 Å². The van der Waals surface area contributed by atoms with Crippen LogP contribution in [0.3, 0.4) is 0 Å². The summed E-state index contributed by atoms with van der Waals surface area (Å²) in [7, 11) is 0. The predicted molar refractivity (Wildman–Crippen MR) is 88.1 cm³/mol. The minimum Gasteiger partial charge on any atom is -0.487 e. The van der Waals surface area contributed by atoms with Gasteiger partial charge in [0.15, 0.2) is 5.75 Å². The second-order valence-electron chi connectivity index (χ2n) is 5.15. The molecule has 6 heteroatoms. The third kappa shape index (κ3) is 3.85. The molecule has 6 nitrogen and oxygen atoms in total. The molecule has 0 radical (unpaired) electrons. The summed E-state index contributed by atoms with van der Waals surface area (Å²) in [6.45, 7) is 5.91. The zero-order valence-corrected chi connectivity index (χ0v) is 13.3. The van der Waals surface area contributed by atoms with Gasteiger partial charge in [-0.2, -0.15) is 0 Å². The minimum atomic E-state index is -0.557. The number of ether oxygens (including phenoxy) is 1. The molecule has 23 heavy (non-hydrogen) atoms. The molecule has 0 spiro atoms. The first-order valence-corrected chi connectivity index (χ1v) is 7.22. The number of carbonyl (C=O) groups is 1. The van der Waals surface area contributed by atoms with Gasteiger partial charge in [-0.15, -0.1) is 0 Å². The van der Waals surface area contributed by atoms with Crippen LogP contribution in [0.1, 0.15) is 28.4 Å². The fourth-order valence-corrected chi connectivity index (χ4v) is 2.23. The first-order valence-electron chi connectivity index (χ1n) is 7.22. The van der Waals surface area contributed by atoms with Gasteiger partial charge in [-0.25, -0.2) is 0 Å². The zero-order chi connectivity index (χ0) is 17.0. The lowest BCUT2D eigenvalue weighted by atomic mass is 10.1. The van der Waals surface area contributed by atoms with E-state index in [2.05, 4.69) is 5.32 Å². The number of hydrogen-bond donors (Lipinski definition) is 1. The highest BCUT2D eigenvalue weighted by Crippen LogP contribution is 2.28. The van der Waals surface area contributed by atoms with Crippen LogP contribution >= 0.6 is 0 Å². The Morgan fingerprint density at radius 2 is 1.96 bits per heavy atom. The van der Waals surface area contributed by atoms with E-state index in [9.17, 15) is 14.9 Å². The molecule has 120 valence electrons. The standard InChI is InChI=1S/C17H18N2O4/c1-4-23-16-8-6-13(10-15(16)19(21)22)17(20)18-14-7-5-11(2)9-12(14)3/h5-10H,4H2,1-3H3,(H,18,20). The Balaban J connectivity index is 2.28. The van der Waals surface area contributed by atoms with Gasteiger partial charge in [-0.1, -0.05) is 17.7 Å². The number of amides is 1. The summed E-state index contributed by atoms with van der Waals surface area (Å²) in [6.07, 6.45) is 0. The van der Waals surface area contributed by atoms with Crippen molar-refractivity contribution in [1.82, 2.24) is 0 Å². The molecule has 1 amide bonds. The lowest BCUT2D eigenvalue weighted by molar-refractivity contribution is -0.385. The van der Waals surface area contributed by atoms with Crippen molar-refractivity contribution in [3.63, 3.8) is 0 Å². The maximum Gasteiger partial charge on any atom is 0.311 e. The molecule has 0 bridgehead atoms. The number of nitro benzene ring substituents is 1. The largest absolute Gasteiger partial charge is 0.487 e. The van der Waals surface area contributed by atoms with Crippen LogP contribution in [0.15, 0.2) is 36.4 Å². The fraction of sp³-hybridized carbons (Fsp3) is 0.235. The van der Waals surface area contributed by atoms with Crippen molar-refractivity contribution in [2.75, 3.05) is 11.9 Å². The van der Waals surface area contributed by atoms with E-state index >= 15 is 0 Å². The van der Waals surface area contributed by atoms with E-state index in [0.29, 0.717) is 12.3 Å². The maximum atomic E-state index is 12.3. The van der Waals surface area contributed by atoms with Gasteiger partial charge in [0, 0.05) is 17.3 Å². The fourth-order valence-electron chi connectivity index (χ4n) is 2.23. The first-order chi connectivity index (χ1) is 10.9. The Morgan fingerprint density at radius 3 is 2.57 bits per heavy atom. The molecule has 0 unspecified atom stereocenters. The molecule has 0 atom stereocenters. The van der Waals surface area contributed by atoms with Crippen molar-refractivity contribution in [3.8, 4) is 5.75 Å². The Hall–Kier alpha value is -2.89. The van der Waals surface area contributed by atoms with Crippen molar-refractivity contribution in [2.24, 2.45) is 0 Å². The number of nitrogens with zero attached hydrogens (tertiary/aromatic N) is 1. The molecule has 0 saturated heterocycles. The Morgan fingerprint density at radius 1 is 1.22 bits per heavy atom. The number of benzene rings is 2. The van der Waals surface area contributed by atoms with Gasteiger partial charge in [-0.05, 0) is 44.5 Å². The topological polar surface area (TPSA) is 81.5 Å². The van der Waals surface area contributed by atoms with Gasteiger partial charge in [0.2, 0.25) is 0 Å². The number of hydrogen-bond acceptors (Lipinski definition) is 4. The number of nitro groups is 1. The molecule has 0 aliphatic carbocycles. The smallest absolute Gasteiger partial charge is 0.311 e. The Kier molecular flexibility index (Phi) is 4.95. The summed E-state index contributed by atoms with van der Waals surface area (Å²) >= 11 is 0. The monoisotopic (exact) mass is 314 g/mol. The molecule has 0 aliphatic heterocycles. The molecule has 2 aromatic rings. The number of aryl methyl sites for hydroxylation is 2. The molecule has 1 N–H and O–H groups in total. The molecule has 0 fully saturated rings. The van der Waals surface area contributed by atoms with Crippen molar-refractivity contribution >= 4 is 17.3 Å². The van der Waals surface area contributed by atoms with Crippen LogP contribution in [-0.4, -0.2) is 17.4 Å². The molecule has 2 aromatic carbocycles. The second kappa shape index (κ2) is 6.91. The summed E-state index contributed by atoms with van der Waals surface area (Å²) in [4.78, 5) is 22.9. The lowest BCUT2D eigenvalue weighted by Crippen LogP contribution is -2.13. The van der Waals surface area contributed by atoms with Crippen LogP contribution in [0.5, 0.6) is 5.75 Å². The number of nitrogens with one attached hydrogen (secondary N) is 1. The molecule has 0 aliphatic rings. The summed E-state index contributed by atoms with van der Waals surface area (Å²) in [5.41, 5.74) is 2.69. The van der Waals surface area contributed by atoms with Crippen LogP contribution in [0.2, 0.25) is 0 Å². The first kappa shape index (κ1) is 16.5. The summed E-state index contributed by atoms with van der Waals surface area (Å²) < 4.78 is 5.21. The van der Waals surface area contributed by atoms with E-state index in [0.717, 1.165) is 11.1 Å². The lowest BCUT2D eigenvalue weighted by Gasteiger charge is -2.10. The second-order valence-corrected chi connectivity index (χ2v) is 5.15. The molecular formula is C17H18N2O4. The van der Waals surface area contributed by atoms with Crippen LogP contribution in [0.25, 0.3) is 0 Å². The highest BCUT2D eigenvalue weighted by Gasteiger charge is 2.19. The minimum absolute atomic E-state index is 0.153. The zero-order valence-electron chi connectivity index (χ0n) is 13.3. The normalized spacial score (nSPS) is 10.2. The molecular weight excluding hydrogens is 296 g/mol. The molecule has 0 saturated carbocycles. The number of anilines is 1. The predicted octanol–water partition coefficient (Wildman–Crippen LogP) is 3.86. The summed E-state index contributed by atoms with van der Waals surface area (Å²) in [5, 5.41) is 13.9. The van der Waals surface area contributed by atoms with Gasteiger partial charge in [0.1, 0.15) is 0 Å². The SMILES string of the molecule is CCOc1ccc(C(=O)Nc2ccc(C)cc2C)cc1[N+](=O)[O-]. The van der Waals surface area contributed by atoms with Crippen LogP contribution in [0.4, 0.5) is 11.4 Å². The van der Waals surface area contributed by atoms with E-state index < -0.39 is 10.8 Å². The maximum absolute atomic E-state index is 12.3. The third-order valence-electron chi connectivity index (χ3n) is 3.35. The highest BCUT2D eigenvalue weighted by atomic mass is 16.6. The summed E-state index contributed by atoms with van der Waals surface area (Å²) in [5.74, 6) is -0.247. The third-order valence-corrected chi connectivity index (χ3v) is 3.35. The van der Waals surface area contributed by atoms with Crippen molar-refractivity contribution in [2.45, 2.75) is 20.8 Å². The molecule has 0 heterocycles. The van der Waals surface area contributed by atoms with Crippen LogP contribution in [0, 0.1) is 24.0 Å². The van der Waals surface area contributed by atoms with Gasteiger partial charge < -0.3 is 10.1 Å². The van der Waals surface area contributed by atoms with Crippen molar-refractivity contribution < 1.29 is 14.5 Å². The number of rotatable bonds is 5. The van der Waals surface area contributed by atoms with E-state index in [1.807, 2.05) is 32.0 Å². The average molecular weight is 314 g/mol. The van der Waals surface area contributed by atoms with Crippen molar-refractivity contribution in [3.05, 3.63) is 63.2 Å². The van der Waals surface area contributed by atoms with Gasteiger partial charge in [-0.3, -0.25) is 14.9 Å². The molecule has 2 rings (SSSR count). The van der Waals surface area contributed by atoms with Crippen LogP contribution < -0.4 is 10.1 Å². The Bertz CT molecular complexity index is 756. The number of carbonyl (C=O) groups excluding carboxylic acids is 1. The van der Waals surface area contributed by atoms with E-state index in [1.54, 1.807) is 6.92 Å². The van der Waals surface area contributed by atoms with Crippen LogP contribution in [-0.2, 0) is 0 Å². The summed E-state index contributed by atoms with van der Waals surface area (Å²) in [6, 6.07) is 9.84. The van der Waals surface area contributed by atoms with Gasteiger partial charge in [0.25, 0.3) is 5.91 Å². The van der Waals surface area contributed by atoms with Gasteiger partial charge in [0.05, 0.1) is 11.5 Å². The molecule has 0 aromatic heterocycles. The van der Waals surface area contributed by atoms with E-state index in [4.69, 9.17) is 4.74 Å². The average Bonchev–Trinajstić information content (AvgIpc) is 2.50. The van der Waals surface area contributed by atoms with Gasteiger partial charge >= 0.3 is 5.69 Å².